The number of anilines is 2. The minimum atomic E-state index is -0.148. The SMILES string of the molecule is COc1ccc(C2CC(c3ccccc3)Nc3nc(NC(=O)Cc4ccccc4)nn32)cc1. The highest BCUT2D eigenvalue weighted by Crippen LogP contribution is 2.38. The van der Waals surface area contributed by atoms with Crippen molar-refractivity contribution in [2.24, 2.45) is 0 Å². The molecule has 7 nitrogen and oxygen atoms in total. The van der Waals surface area contributed by atoms with Crippen LogP contribution in [-0.2, 0) is 11.2 Å². The third-order valence-corrected chi connectivity index (χ3v) is 5.85. The van der Waals surface area contributed by atoms with Crippen molar-refractivity contribution < 1.29 is 9.53 Å². The Hall–Kier alpha value is -4.13. The van der Waals surface area contributed by atoms with Gasteiger partial charge in [0, 0.05) is 0 Å². The molecule has 2 unspecified atom stereocenters. The number of carbonyl (C=O) groups excluding carboxylic acids is 1. The van der Waals surface area contributed by atoms with Crippen molar-refractivity contribution in [3.8, 4) is 5.75 Å². The van der Waals surface area contributed by atoms with Crippen molar-refractivity contribution >= 4 is 17.8 Å². The number of methoxy groups -OCH3 is 1. The van der Waals surface area contributed by atoms with Gasteiger partial charge in [-0.2, -0.15) is 4.98 Å². The van der Waals surface area contributed by atoms with Crippen molar-refractivity contribution in [2.75, 3.05) is 17.7 Å². The Balaban J connectivity index is 1.43. The summed E-state index contributed by atoms with van der Waals surface area (Å²) in [4.78, 5) is 17.2. The summed E-state index contributed by atoms with van der Waals surface area (Å²) in [7, 11) is 1.66. The molecule has 0 fully saturated rings. The standard InChI is InChI=1S/C26H25N5O2/c1-33-21-14-12-20(13-15-21)23-17-22(19-10-6-3-7-11-19)27-26-29-25(30-31(23)26)28-24(32)16-18-8-4-2-5-9-18/h2-15,22-23H,16-17H2,1H3,(H2,27,28,29,30,32). The minimum absolute atomic E-state index is 0.0374. The number of benzene rings is 3. The summed E-state index contributed by atoms with van der Waals surface area (Å²) < 4.78 is 7.18. The van der Waals surface area contributed by atoms with E-state index in [4.69, 9.17) is 4.74 Å². The number of amides is 1. The number of fused-ring (bicyclic) bond motifs is 1. The number of hydrogen-bond donors (Lipinski definition) is 2. The van der Waals surface area contributed by atoms with Crippen LogP contribution >= 0.6 is 0 Å². The Kier molecular flexibility index (Phi) is 5.76. The van der Waals surface area contributed by atoms with E-state index < -0.39 is 0 Å². The Morgan fingerprint density at radius 2 is 1.70 bits per heavy atom. The van der Waals surface area contributed by atoms with Gasteiger partial charge in [-0.15, -0.1) is 5.10 Å². The third kappa shape index (κ3) is 4.57. The molecule has 166 valence electrons. The lowest BCUT2D eigenvalue weighted by Gasteiger charge is -2.31. The first kappa shape index (κ1) is 20.8. The lowest BCUT2D eigenvalue weighted by molar-refractivity contribution is -0.115. The molecule has 0 saturated carbocycles. The first-order valence-corrected chi connectivity index (χ1v) is 11.0. The molecule has 1 aromatic heterocycles. The lowest BCUT2D eigenvalue weighted by atomic mass is 9.93. The van der Waals surface area contributed by atoms with E-state index >= 15 is 0 Å². The molecule has 1 aliphatic heterocycles. The van der Waals surface area contributed by atoms with E-state index in [1.54, 1.807) is 7.11 Å². The van der Waals surface area contributed by atoms with Crippen molar-refractivity contribution in [3.63, 3.8) is 0 Å². The molecule has 1 aliphatic rings. The normalized spacial score (nSPS) is 17.0. The van der Waals surface area contributed by atoms with E-state index in [0.717, 1.165) is 23.3 Å². The van der Waals surface area contributed by atoms with E-state index in [9.17, 15) is 4.79 Å². The summed E-state index contributed by atoms with van der Waals surface area (Å²) in [6, 6.07) is 28.0. The second-order valence-corrected chi connectivity index (χ2v) is 8.05. The molecule has 1 amide bonds. The smallest absolute Gasteiger partial charge is 0.250 e. The van der Waals surface area contributed by atoms with Crippen molar-refractivity contribution in [1.29, 1.82) is 0 Å². The van der Waals surface area contributed by atoms with Crippen molar-refractivity contribution in [2.45, 2.75) is 24.9 Å². The Morgan fingerprint density at radius 3 is 2.39 bits per heavy atom. The highest BCUT2D eigenvalue weighted by Gasteiger charge is 2.31. The molecule has 0 radical (unpaired) electrons. The average Bonchev–Trinajstić information content (AvgIpc) is 3.26. The van der Waals surface area contributed by atoms with Gasteiger partial charge < -0.3 is 10.1 Å². The first-order chi connectivity index (χ1) is 16.2. The number of ether oxygens (including phenoxy) is 1. The summed E-state index contributed by atoms with van der Waals surface area (Å²) in [6.07, 6.45) is 1.07. The van der Waals surface area contributed by atoms with Crippen LogP contribution in [-0.4, -0.2) is 27.8 Å². The summed E-state index contributed by atoms with van der Waals surface area (Å²) in [5, 5.41) is 11.0. The molecule has 2 atom stereocenters. The quantitative estimate of drug-likeness (QED) is 0.458. The monoisotopic (exact) mass is 439 g/mol. The summed E-state index contributed by atoms with van der Waals surface area (Å²) in [5.41, 5.74) is 3.23. The van der Waals surface area contributed by atoms with Gasteiger partial charge >= 0.3 is 0 Å². The predicted octanol–water partition coefficient (Wildman–Crippen LogP) is 4.61. The average molecular weight is 440 g/mol. The second-order valence-electron chi connectivity index (χ2n) is 8.05. The number of hydrogen-bond acceptors (Lipinski definition) is 5. The Bertz CT molecular complexity index is 1220. The van der Waals surface area contributed by atoms with Crippen LogP contribution in [0.1, 0.15) is 35.2 Å². The van der Waals surface area contributed by atoms with Crippen molar-refractivity contribution in [3.05, 3.63) is 102 Å². The van der Waals surface area contributed by atoms with Gasteiger partial charge in [0.2, 0.25) is 11.9 Å². The summed E-state index contributed by atoms with van der Waals surface area (Å²) in [5.74, 6) is 1.58. The van der Waals surface area contributed by atoms with E-state index in [-0.39, 0.29) is 24.4 Å². The fourth-order valence-corrected chi connectivity index (χ4v) is 4.19. The van der Waals surface area contributed by atoms with Crippen LogP contribution in [0.4, 0.5) is 11.9 Å². The van der Waals surface area contributed by atoms with Gasteiger partial charge in [-0.05, 0) is 35.2 Å². The molecule has 4 aromatic rings. The first-order valence-electron chi connectivity index (χ1n) is 11.0. The van der Waals surface area contributed by atoms with Gasteiger partial charge in [-0.3, -0.25) is 10.1 Å². The molecule has 3 aromatic carbocycles. The van der Waals surface area contributed by atoms with Gasteiger partial charge in [-0.25, -0.2) is 4.68 Å². The van der Waals surface area contributed by atoms with E-state index in [1.165, 1.54) is 5.56 Å². The molecular formula is C26H25N5O2. The summed E-state index contributed by atoms with van der Waals surface area (Å²) in [6.45, 7) is 0. The molecule has 5 rings (SSSR count). The topological polar surface area (TPSA) is 81.1 Å². The van der Waals surface area contributed by atoms with Crippen LogP contribution in [0, 0.1) is 0 Å². The van der Waals surface area contributed by atoms with Crippen LogP contribution in [0.2, 0.25) is 0 Å². The number of aromatic nitrogens is 3. The molecule has 33 heavy (non-hydrogen) atoms. The van der Waals surface area contributed by atoms with Gasteiger partial charge in [0.15, 0.2) is 0 Å². The number of nitrogens with one attached hydrogen (secondary N) is 2. The van der Waals surface area contributed by atoms with Gasteiger partial charge in [0.1, 0.15) is 5.75 Å². The van der Waals surface area contributed by atoms with E-state index in [1.807, 2.05) is 65.3 Å². The maximum Gasteiger partial charge on any atom is 0.250 e. The highest BCUT2D eigenvalue weighted by atomic mass is 16.5. The number of nitrogens with zero attached hydrogens (tertiary/aromatic N) is 3. The van der Waals surface area contributed by atoms with Gasteiger partial charge in [0.25, 0.3) is 5.95 Å². The molecule has 7 heteroatoms. The number of rotatable bonds is 6. The second kappa shape index (κ2) is 9.16. The fourth-order valence-electron chi connectivity index (χ4n) is 4.19. The molecule has 0 spiro atoms. The Morgan fingerprint density at radius 1 is 1.00 bits per heavy atom. The molecular weight excluding hydrogens is 414 g/mol. The van der Waals surface area contributed by atoms with E-state index in [0.29, 0.717) is 11.9 Å². The zero-order valence-electron chi connectivity index (χ0n) is 18.3. The molecule has 0 saturated heterocycles. The highest BCUT2D eigenvalue weighted by molar-refractivity contribution is 5.90. The maximum atomic E-state index is 12.6. The molecule has 0 bridgehead atoms. The fraction of sp³-hybridized carbons (Fsp3) is 0.192. The van der Waals surface area contributed by atoms with Crippen LogP contribution in [0.25, 0.3) is 0 Å². The maximum absolute atomic E-state index is 12.6. The van der Waals surface area contributed by atoms with Crippen LogP contribution in [0.3, 0.4) is 0 Å². The molecule has 2 heterocycles. The third-order valence-electron chi connectivity index (χ3n) is 5.85. The molecule has 2 N–H and O–H groups in total. The predicted molar refractivity (Wildman–Crippen MR) is 127 cm³/mol. The largest absolute Gasteiger partial charge is 0.497 e. The lowest BCUT2D eigenvalue weighted by Crippen LogP contribution is -2.28. The Labute approximate surface area is 192 Å². The minimum Gasteiger partial charge on any atom is -0.497 e. The zero-order valence-corrected chi connectivity index (χ0v) is 18.3. The van der Waals surface area contributed by atoms with Gasteiger partial charge in [-0.1, -0.05) is 72.8 Å². The zero-order chi connectivity index (χ0) is 22.6. The van der Waals surface area contributed by atoms with Crippen LogP contribution in [0.15, 0.2) is 84.9 Å². The van der Waals surface area contributed by atoms with E-state index in [2.05, 4.69) is 45.0 Å². The van der Waals surface area contributed by atoms with Crippen molar-refractivity contribution in [1.82, 2.24) is 14.8 Å². The van der Waals surface area contributed by atoms with Crippen LogP contribution in [0.5, 0.6) is 5.75 Å². The van der Waals surface area contributed by atoms with Crippen LogP contribution < -0.4 is 15.4 Å². The number of carbonyl (C=O) groups is 1. The molecule has 0 aliphatic carbocycles. The summed E-state index contributed by atoms with van der Waals surface area (Å²) >= 11 is 0. The van der Waals surface area contributed by atoms with Gasteiger partial charge in [0.05, 0.1) is 25.6 Å².